The second kappa shape index (κ2) is 10.8. The summed E-state index contributed by atoms with van der Waals surface area (Å²) in [4.78, 5) is 24.0. The Morgan fingerprint density at radius 1 is 0.964 bits per heavy atom. The Morgan fingerprint density at radius 2 is 1.71 bits per heavy atom. The summed E-state index contributed by atoms with van der Waals surface area (Å²) < 4.78 is 11.3. The zero-order valence-electron chi connectivity index (χ0n) is 16.5. The van der Waals surface area contributed by atoms with Crippen LogP contribution >= 0.6 is 0 Å². The second-order valence-electron chi connectivity index (χ2n) is 6.13. The molecular formula is C22H26N2O4. The van der Waals surface area contributed by atoms with E-state index in [1.54, 1.807) is 18.2 Å². The predicted molar refractivity (Wildman–Crippen MR) is 109 cm³/mol. The Labute approximate surface area is 165 Å². The van der Waals surface area contributed by atoms with Crippen LogP contribution in [0.1, 0.15) is 41.8 Å². The van der Waals surface area contributed by atoms with Crippen molar-refractivity contribution in [2.24, 2.45) is 0 Å². The number of rotatable bonds is 8. The molecule has 0 aliphatic rings. The molecular weight excluding hydrogens is 356 g/mol. The van der Waals surface area contributed by atoms with Crippen LogP contribution in [-0.2, 0) is 4.79 Å². The van der Waals surface area contributed by atoms with Crippen molar-refractivity contribution in [3.63, 3.8) is 0 Å². The summed E-state index contributed by atoms with van der Waals surface area (Å²) in [6.45, 7) is 7.00. The summed E-state index contributed by atoms with van der Waals surface area (Å²) in [5.41, 5.74) is 7.06. The molecule has 2 rings (SSSR count). The maximum atomic E-state index is 12.0. The van der Waals surface area contributed by atoms with Gasteiger partial charge in [-0.3, -0.25) is 20.4 Å². The molecule has 2 amide bonds. The highest BCUT2D eigenvalue weighted by Gasteiger charge is 2.07. The molecule has 0 aliphatic carbocycles. The topological polar surface area (TPSA) is 76.7 Å². The maximum Gasteiger partial charge on any atom is 0.269 e. The highest BCUT2D eigenvalue weighted by atomic mass is 16.5. The van der Waals surface area contributed by atoms with Crippen molar-refractivity contribution in [3.05, 3.63) is 65.2 Å². The molecule has 0 fully saturated rings. The molecule has 0 bridgehead atoms. The fourth-order valence-electron chi connectivity index (χ4n) is 2.34. The third-order valence-corrected chi connectivity index (χ3v) is 3.77. The Balaban J connectivity index is 1.94. The quantitative estimate of drug-likeness (QED) is 0.540. The molecule has 0 saturated heterocycles. The molecule has 0 spiro atoms. The van der Waals surface area contributed by atoms with Crippen LogP contribution in [0.15, 0.2) is 48.5 Å². The van der Waals surface area contributed by atoms with Crippen LogP contribution in [0.5, 0.6) is 11.5 Å². The molecule has 0 atom stereocenters. The van der Waals surface area contributed by atoms with Crippen LogP contribution in [-0.4, -0.2) is 25.0 Å². The van der Waals surface area contributed by atoms with E-state index in [9.17, 15) is 9.59 Å². The summed E-state index contributed by atoms with van der Waals surface area (Å²) in [6.07, 6.45) is 3.88. The Hall–Kier alpha value is -3.28. The van der Waals surface area contributed by atoms with E-state index in [2.05, 4.69) is 10.9 Å². The molecule has 0 heterocycles. The summed E-state index contributed by atoms with van der Waals surface area (Å²) in [5.74, 6) is 0.490. The Morgan fingerprint density at radius 3 is 2.39 bits per heavy atom. The minimum atomic E-state index is -0.440. The smallest absolute Gasteiger partial charge is 0.269 e. The fraction of sp³-hybridized carbons (Fsp3) is 0.273. The van der Waals surface area contributed by atoms with Gasteiger partial charge in [0, 0.05) is 11.6 Å². The number of aryl methyl sites for hydroxylation is 1. The molecule has 6 nitrogen and oxygen atoms in total. The van der Waals surface area contributed by atoms with Crippen molar-refractivity contribution in [1.29, 1.82) is 0 Å². The van der Waals surface area contributed by atoms with Gasteiger partial charge < -0.3 is 9.47 Å². The van der Waals surface area contributed by atoms with E-state index >= 15 is 0 Å². The SMILES string of the molecule is CCCOc1ccc(/C=C/C(=O)NNC(=O)c2ccc(C)cc2)cc1OCC. The normalized spacial score (nSPS) is 10.5. The van der Waals surface area contributed by atoms with Gasteiger partial charge in [0.25, 0.3) is 11.8 Å². The van der Waals surface area contributed by atoms with E-state index in [1.807, 2.05) is 51.1 Å². The number of benzene rings is 2. The lowest BCUT2D eigenvalue weighted by Gasteiger charge is -2.12. The van der Waals surface area contributed by atoms with Crippen LogP contribution in [0.25, 0.3) is 6.08 Å². The molecule has 28 heavy (non-hydrogen) atoms. The second-order valence-corrected chi connectivity index (χ2v) is 6.13. The molecule has 0 aliphatic heterocycles. The van der Waals surface area contributed by atoms with Crippen LogP contribution in [0.4, 0.5) is 0 Å². The van der Waals surface area contributed by atoms with Crippen molar-refractivity contribution >= 4 is 17.9 Å². The number of ether oxygens (including phenoxy) is 2. The van der Waals surface area contributed by atoms with Crippen LogP contribution < -0.4 is 20.3 Å². The molecule has 2 aromatic carbocycles. The van der Waals surface area contributed by atoms with Gasteiger partial charge in [-0.25, -0.2) is 0 Å². The van der Waals surface area contributed by atoms with Gasteiger partial charge in [-0.05, 0) is 56.2 Å². The van der Waals surface area contributed by atoms with Gasteiger partial charge in [-0.1, -0.05) is 30.7 Å². The van der Waals surface area contributed by atoms with Crippen molar-refractivity contribution in [2.45, 2.75) is 27.2 Å². The lowest BCUT2D eigenvalue weighted by molar-refractivity contribution is -0.117. The minimum Gasteiger partial charge on any atom is -0.490 e. The van der Waals surface area contributed by atoms with Crippen molar-refractivity contribution in [3.8, 4) is 11.5 Å². The van der Waals surface area contributed by atoms with Gasteiger partial charge in [0.2, 0.25) is 0 Å². The van der Waals surface area contributed by atoms with E-state index in [0.717, 1.165) is 17.5 Å². The standard InChI is InChI=1S/C22H26N2O4/c1-4-14-28-19-12-8-17(15-20(19)27-5-2)9-13-21(25)23-24-22(26)18-10-6-16(3)7-11-18/h6-13,15H,4-5,14H2,1-3H3,(H,23,25)(H,24,26)/b13-9+. The largest absolute Gasteiger partial charge is 0.490 e. The number of hydrazine groups is 1. The van der Waals surface area contributed by atoms with Gasteiger partial charge in [0.1, 0.15) is 0 Å². The summed E-state index contributed by atoms with van der Waals surface area (Å²) in [5, 5.41) is 0. The molecule has 6 heteroatoms. The van der Waals surface area contributed by atoms with Gasteiger partial charge >= 0.3 is 0 Å². The first-order valence-electron chi connectivity index (χ1n) is 9.28. The first-order chi connectivity index (χ1) is 13.5. The number of amides is 2. The van der Waals surface area contributed by atoms with Crippen molar-refractivity contribution < 1.29 is 19.1 Å². The average molecular weight is 382 g/mol. The number of hydrogen-bond acceptors (Lipinski definition) is 4. The summed E-state index contributed by atoms with van der Waals surface area (Å²) >= 11 is 0. The maximum absolute atomic E-state index is 12.0. The molecule has 2 N–H and O–H groups in total. The minimum absolute atomic E-state index is 0.377. The zero-order chi connectivity index (χ0) is 20.4. The van der Waals surface area contributed by atoms with Gasteiger partial charge in [-0.2, -0.15) is 0 Å². The summed E-state index contributed by atoms with van der Waals surface area (Å²) in [6, 6.07) is 12.5. The third kappa shape index (κ3) is 6.46. The van der Waals surface area contributed by atoms with Crippen molar-refractivity contribution in [1.82, 2.24) is 10.9 Å². The first-order valence-corrected chi connectivity index (χ1v) is 9.28. The van der Waals surface area contributed by atoms with E-state index in [0.29, 0.717) is 30.3 Å². The molecule has 0 aromatic heterocycles. The van der Waals surface area contributed by atoms with Crippen LogP contribution in [0.2, 0.25) is 0 Å². The average Bonchev–Trinajstić information content (AvgIpc) is 2.70. The third-order valence-electron chi connectivity index (χ3n) is 3.77. The predicted octanol–water partition coefficient (Wildman–Crippen LogP) is 3.66. The molecule has 0 saturated carbocycles. The van der Waals surface area contributed by atoms with Crippen LogP contribution in [0.3, 0.4) is 0 Å². The van der Waals surface area contributed by atoms with Gasteiger partial charge in [0.05, 0.1) is 13.2 Å². The number of carbonyl (C=O) groups excluding carboxylic acids is 2. The van der Waals surface area contributed by atoms with Crippen LogP contribution in [0, 0.1) is 6.92 Å². The number of carbonyl (C=O) groups is 2. The zero-order valence-corrected chi connectivity index (χ0v) is 16.5. The number of nitrogens with one attached hydrogen (secondary N) is 2. The first kappa shape index (κ1) is 21.0. The van der Waals surface area contributed by atoms with Gasteiger partial charge in [-0.15, -0.1) is 0 Å². The van der Waals surface area contributed by atoms with Gasteiger partial charge in [0.15, 0.2) is 11.5 Å². The van der Waals surface area contributed by atoms with E-state index < -0.39 is 5.91 Å². The Kier molecular flexibility index (Phi) is 8.09. The molecule has 148 valence electrons. The molecule has 0 unspecified atom stereocenters. The molecule has 0 radical (unpaired) electrons. The fourth-order valence-corrected chi connectivity index (χ4v) is 2.34. The van der Waals surface area contributed by atoms with E-state index in [-0.39, 0.29) is 5.91 Å². The lowest BCUT2D eigenvalue weighted by Crippen LogP contribution is -2.40. The summed E-state index contributed by atoms with van der Waals surface area (Å²) in [7, 11) is 0. The van der Waals surface area contributed by atoms with E-state index in [4.69, 9.17) is 9.47 Å². The highest BCUT2D eigenvalue weighted by Crippen LogP contribution is 2.29. The number of hydrogen-bond donors (Lipinski definition) is 2. The highest BCUT2D eigenvalue weighted by molar-refractivity contribution is 5.97. The van der Waals surface area contributed by atoms with E-state index in [1.165, 1.54) is 6.08 Å². The van der Waals surface area contributed by atoms with Crippen molar-refractivity contribution in [2.75, 3.05) is 13.2 Å². The molecule has 2 aromatic rings. The monoisotopic (exact) mass is 382 g/mol. The lowest BCUT2D eigenvalue weighted by atomic mass is 10.1. The Bertz CT molecular complexity index is 829.